The highest BCUT2D eigenvalue weighted by molar-refractivity contribution is 5.78. The van der Waals surface area contributed by atoms with Crippen molar-refractivity contribution in [3.63, 3.8) is 0 Å². The maximum atomic E-state index is 5.45. The van der Waals surface area contributed by atoms with Gasteiger partial charge in [0.2, 0.25) is 5.96 Å². The second-order valence-corrected chi connectivity index (χ2v) is 4.52. The molecule has 2 unspecified atom stereocenters. The molecule has 0 aromatic heterocycles. The zero-order valence-corrected chi connectivity index (χ0v) is 10.7. The zero-order valence-electron chi connectivity index (χ0n) is 10.7. The Hall–Kier alpha value is -0.810. The van der Waals surface area contributed by atoms with Crippen LogP contribution in [0.2, 0.25) is 0 Å². The van der Waals surface area contributed by atoms with Gasteiger partial charge < -0.3 is 0 Å². The molecule has 1 fully saturated rings. The molecule has 5 heteroatoms. The lowest BCUT2D eigenvalue weighted by atomic mass is 10.00. The summed E-state index contributed by atoms with van der Waals surface area (Å²) in [7, 11) is 0. The topological polar surface area (TPSA) is 65.7 Å². The third kappa shape index (κ3) is 3.64. The van der Waals surface area contributed by atoms with E-state index in [0.29, 0.717) is 18.0 Å². The van der Waals surface area contributed by atoms with Crippen LogP contribution >= 0.6 is 0 Å². The highest BCUT2D eigenvalue weighted by Gasteiger charge is 2.25. The van der Waals surface area contributed by atoms with Gasteiger partial charge in [0, 0.05) is 18.6 Å². The molecular formula is C11H25N5. The van der Waals surface area contributed by atoms with E-state index in [0.717, 1.165) is 13.0 Å². The third-order valence-electron chi connectivity index (χ3n) is 3.06. The van der Waals surface area contributed by atoms with Gasteiger partial charge in [-0.3, -0.25) is 15.8 Å². The lowest BCUT2D eigenvalue weighted by molar-refractivity contribution is 0.0724. The van der Waals surface area contributed by atoms with Crippen LogP contribution in [0.3, 0.4) is 0 Å². The number of nitrogens with zero attached hydrogens (tertiary/aromatic N) is 2. The van der Waals surface area contributed by atoms with E-state index in [2.05, 4.69) is 41.6 Å². The van der Waals surface area contributed by atoms with Crippen LogP contribution in [-0.4, -0.2) is 29.6 Å². The molecule has 4 N–H and O–H groups in total. The summed E-state index contributed by atoms with van der Waals surface area (Å²) in [4.78, 5) is 4.35. The van der Waals surface area contributed by atoms with E-state index in [1.165, 1.54) is 19.3 Å². The minimum atomic E-state index is 0.531. The predicted molar refractivity (Wildman–Crippen MR) is 67.7 cm³/mol. The molecule has 0 aromatic rings. The first kappa shape index (κ1) is 13.3. The standard InChI is InChI=1S/C11H25N5/c1-4-8-13-11(14-12)15-16-9(2)6-5-7-10(16)3/h9-10H,4-8,12H2,1-3H3,(H2,13,14,15). The smallest absolute Gasteiger partial charge is 0.220 e. The number of hydrogen-bond donors (Lipinski definition) is 3. The summed E-state index contributed by atoms with van der Waals surface area (Å²) in [5, 5.41) is 2.25. The van der Waals surface area contributed by atoms with Gasteiger partial charge >= 0.3 is 0 Å². The summed E-state index contributed by atoms with van der Waals surface area (Å²) in [6, 6.07) is 1.06. The molecule has 0 saturated carbocycles. The number of hydrogen-bond acceptors (Lipinski definition) is 3. The van der Waals surface area contributed by atoms with Crippen LogP contribution in [0.25, 0.3) is 0 Å². The summed E-state index contributed by atoms with van der Waals surface area (Å²) in [6.07, 6.45) is 4.78. The summed E-state index contributed by atoms with van der Waals surface area (Å²) in [6.45, 7) is 7.36. The quantitative estimate of drug-likeness (QED) is 0.291. The molecule has 1 aliphatic heterocycles. The molecule has 1 aliphatic rings. The van der Waals surface area contributed by atoms with Crippen molar-refractivity contribution >= 4 is 5.96 Å². The van der Waals surface area contributed by atoms with E-state index >= 15 is 0 Å². The molecule has 5 nitrogen and oxygen atoms in total. The van der Waals surface area contributed by atoms with E-state index in [4.69, 9.17) is 5.84 Å². The van der Waals surface area contributed by atoms with E-state index in [9.17, 15) is 0 Å². The van der Waals surface area contributed by atoms with Crippen molar-refractivity contribution in [2.24, 2.45) is 10.8 Å². The second-order valence-electron chi connectivity index (χ2n) is 4.52. The highest BCUT2D eigenvalue weighted by Crippen LogP contribution is 2.19. The average Bonchev–Trinajstić information content (AvgIpc) is 2.28. The van der Waals surface area contributed by atoms with Gasteiger partial charge in [-0.2, -0.15) is 0 Å². The molecule has 1 saturated heterocycles. The Morgan fingerprint density at radius 1 is 1.38 bits per heavy atom. The fraction of sp³-hybridized carbons (Fsp3) is 0.909. The molecule has 0 aliphatic carbocycles. The number of nitrogens with one attached hydrogen (secondary N) is 2. The molecule has 0 amide bonds. The number of hydrazine groups is 2. The highest BCUT2D eigenvalue weighted by atomic mass is 15.6. The van der Waals surface area contributed by atoms with Gasteiger partial charge in [0.05, 0.1) is 0 Å². The van der Waals surface area contributed by atoms with Gasteiger partial charge in [-0.1, -0.05) is 13.3 Å². The summed E-state index contributed by atoms with van der Waals surface area (Å²) in [5.74, 6) is 6.12. The van der Waals surface area contributed by atoms with Crippen LogP contribution in [0, 0.1) is 0 Å². The van der Waals surface area contributed by atoms with E-state index in [1.807, 2.05) is 0 Å². The van der Waals surface area contributed by atoms with Gasteiger partial charge in [0.15, 0.2) is 0 Å². The Labute approximate surface area is 98.4 Å². The first-order valence-corrected chi connectivity index (χ1v) is 6.25. The van der Waals surface area contributed by atoms with Crippen molar-refractivity contribution in [1.82, 2.24) is 15.9 Å². The maximum absolute atomic E-state index is 5.45. The Bertz CT molecular complexity index is 218. The Morgan fingerprint density at radius 2 is 2.00 bits per heavy atom. The van der Waals surface area contributed by atoms with Gasteiger partial charge in [-0.05, 0) is 33.1 Å². The molecule has 0 bridgehead atoms. The van der Waals surface area contributed by atoms with Crippen LogP contribution in [0.4, 0.5) is 0 Å². The van der Waals surface area contributed by atoms with Crippen molar-refractivity contribution in [2.75, 3.05) is 6.54 Å². The van der Waals surface area contributed by atoms with E-state index in [-0.39, 0.29) is 0 Å². The maximum Gasteiger partial charge on any atom is 0.220 e. The van der Waals surface area contributed by atoms with Crippen LogP contribution in [0.1, 0.15) is 46.5 Å². The van der Waals surface area contributed by atoms with E-state index < -0.39 is 0 Å². The van der Waals surface area contributed by atoms with Gasteiger partial charge in [-0.25, -0.2) is 10.9 Å². The Morgan fingerprint density at radius 3 is 2.50 bits per heavy atom. The first-order valence-electron chi connectivity index (χ1n) is 6.25. The SMILES string of the molecule is CCCN=C(NN)NN1C(C)CCCC1C. The predicted octanol–water partition coefficient (Wildman–Crippen LogP) is 0.983. The largest absolute Gasteiger partial charge is 0.293 e. The lowest BCUT2D eigenvalue weighted by Crippen LogP contribution is -2.58. The fourth-order valence-electron chi connectivity index (χ4n) is 2.10. The number of guanidine groups is 1. The molecular weight excluding hydrogens is 202 g/mol. The number of aliphatic imine (C=N–C) groups is 1. The summed E-state index contributed by atoms with van der Waals surface area (Å²) >= 11 is 0. The fourth-order valence-corrected chi connectivity index (χ4v) is 2.10. The van der Waals surface area contributed by atoms with Crippen LogP contribution < -0.4 is 16.7 Å². The zero-order chi connectivity index (χ0) is 12.0. The van der Waals surface area contributed by atoms with Crippen molar-refractivity contribution < 1.29 is 0 Å². The average molecular weight is 227 g/mol. The van der Waals surface area contributed by atoms with Crippen molar-refractivity contribution in [3.8, 4) is 0 Å². The summed E-state index contributed by atoms with van der Waals surface area (Å²) in [5.41, 5.74) is 5.91. The van der Waals surface area contributed by atoms with Gasteiger partial charge in [0.1, 0.15) is 0 Å². The molecule has 0 radical (unpaired) electrons. The van der Waals surface area contributed by atoms with Crippen molar-refractivity contribution in [3.05, 3.63) is 0 Å². The van der Waals surface area contributed by atoms with Gasteiger partial charge in [-0.15, -0.1) is 0 Å². The third-order valence-corrected chi connectivity index (χ3v) is 3.06. The van der Waals surface area contributed by atoms with Crippen LogP contribution in [0.15, 0.2) is 4.99 Å². The molecule has 16 heavy (non-hydrogen) atoms. The Balaban J connectivity index is 2.54. The number of nitrogens with two attached hydrogens (primary N) is 1. The number of rotatable bonds is 3. The molecule has 0 spiro atoms. The van der Waals surface area contributed by atoms with E-state index in [1.54, 1.807) is 0 Å². The minimum absolute atomic E-state index is 0.531. The molecule has 1 heterocycles. The van der Waals surface area contributed by atoms with Gasteiger partial charge in [0.25, 0.3) is 0 Å². The first-order chi connectivity index (χ1) is 7.69. The Kier molecular flexibility index (Phi) is 5.55. The van der Waals surface area contributed by atoms with Crippen LogP contribution in [-0.2, 0) is 0 Å². The molecule has 94 valence electrons. The minimum Gasteiger partial charge on any atom is -0.293 e. The molecule has 0 aromatic carbocycles. The normalized spacial score (nSPS) is 27.9. The number of piperidine rings is 1. The molecule has 2 atom stereocenters. The summed E-state index contributed by atoms with van der Waals surface area (Å²) < 4.78 is 0. The monoisotopic (exact) mass is 227 g/mol. The van der Waals surface area contributed by atoms with Crippen LogP contribution in [0.5, 0.6) is 0 Å². The van der Waals surface area contributed by atoms with Crippen molar-refractivity contribution in [1.29, 1.82) is 0 Å². The van der Waals surface area contributed by atoms with Crippen molar-refractivity contribution in [2.45, 2.75) is 58.5 Å². The molecule has 1 rings (SSSR count). The second kappa shape index (κ2) is 6.70. The lowest BCUT2D eigenvalue weighted by Gasteiger charge is -2.39.